The van der Waals surface area contributed by atoms with Gasteiger partial charge in [0.2, 0.25) is 0 Å². The van der Waals surface area contributed by atoms with Crippen LogP contribution in [0.15, 0.2) is 0 Å². The van der Waals surface area contributed by atoms with Crippen molar-refractivity contribution in [3.05, 3.63) is 0 Å². The number of nitrogens with zero attached hydrogens (tertiary/aromatic N) is 1. The van der Waals surface area contributed by atoms with Crippen molar-refractivity contribution in [2.45, 2.75) is 32.9 Å². The molecule has 1 N–H and O–H groups in total. The molecule has 14 heavy (non-hydrogen) atoms. The number of hydrogen-bond acceptors (Lipinski definition) is 3. The first-order valence-corrected chi connectivity index (χ1v) is 5.11. The monoisotopic (exact) mass is 201 g/mol. The predicted octanol–water partition coefficient (Wildman–Crippen LogP) is 0.816. The summed E-state index contributed by atoms with van der Waals surface area (Å²) in [7, 11) is 0. The molecule has 0 amide bonds. The summed E-state index contributed by atoms with van der Waals surface area (Å²) in [5, 5.41) is 9.10. The Hall–Kier alpha value is -0.610. The molecule has 2 unspecified atom stereocenters. The molecule has 0 aromatic rings. The molecule has 4 nitrogen and oxygen atoms in total. The lowest BCUT2D eigenvalue weighted by Crippen LogP contribution is -2.52. The summed E-state index contributed by atoms with van der Waals surface area (Å²) < 4.78 is 5.38. The molecule has 1 fully saturated rings. The van der Waals surface area contributed by atoms with E-state index in [0.717, 1.165) is 13.1 Å². The SMILES string of the molecule is CC1CN(C(C(=O)O)C(C)C)CCO1. The highest BCUT2D eigenvalue weighted by atomic mass is 16.5. The Bertz CT molecular complexity index is 206. The fraction of sp³-hybridized carbons (Fsp3) is 0.900. The van der Waals surface area contributed by atoms with Crippen LogP contribution in [-0.2, 0) is 9.53 Å². The Morgan fingerprint density at radius 1 is 1.57 bits per heavy atom. The van der Waals surface area contributed by atoms with Crippen LogP contribution in [0.3, 0.4) is 0 Å². The molecule has 0 aliphatic carbocycles. The van der Waals surface area contributed by atoms with Crippen molar-refractivity contribution < 1.29 is 14.6 Å². The van der Waals surface area contributed by atoms with Crippen LogP contribution in [0.2, 0.25) is 0 Å². The van der Waals surface area contributed by atoms with E-state index in [9.17, 15) is 4.79 Å². The second kappa shape index (κ2) is 4.75. The van der Waals surface area contributed by atoms with Gasteiger partial charge in [0.1, 0.15) is 6.04 Å². The van der Waals surface area contributed by atoms with Crippen molar-refractivity contribution in [3.8, 4) is 0 Å². The smallest absolute Gasteiger partial charge is 0.321 e. The minimum Gasteiger partial charge on any atom is -0.480 e. The van der Waals surface area contributed by atoms with Gasteiger partial charge in [-0.15, -0.1) is 0 Å². The minimum absolute atomic E-state index is 0.137. The van der Waals surface area contributed by atoms with Gasteiger partial charge in [0.15, 0.2) is 0 Å². The van der Waals surface area contributed by atoms with Crippen molar-refractivity contribution in [2.24, 2.45) is 5.92 Å². The van der Waals surface area contributed by atoms with Gasteiger partial charge in [-0.1, -0.05) is 13.8 Å². The molecule has 0 saturated carbocycles. The lowest BCUT2D eigenvalue weighted by atomic mass is 10.0. The zero-order valence-electron chi connectivity index (χ0n) is 9.06. The van der Waals surface area contributed by atoms with Crippen LogP contribution in [0.4, 0.5) is 0 Å². The molecule has 0 bridgehead atoms. The standard InChI is InChI=1S/C10H19NO3/c1-7(2)9(10(12)13)11-4-5-14-8(3)6-11/h7-9H,4-6H2,1-3H3,(H,12,13). The summed E-state index contributed by atoms with van der Waals surface area (Å²) in [6.07, 6.45) is 0.143. The summed E-state index contributed by atoms with van der Waals surface area (Å²) in [4.78, 5) is 13.1. The highest BCUT2D eigenvalue weighted by molar-refractivity contribution is 5.73. The van der Waals surface area contributed by atoms with E-state index in [4.69, 9.17) is 9.84 Å². The molecule has 1 aliphatic rings. The zero-order chi connectivity index (χ0) is 10.7. The molecule has 1 saturated heterocycles. The molecule has 1 aliphatic heterocycles. The maximum atomic E-state index is 11.1. The Kier molecular flexibility index (Phi) is 3.89. The van der Waals surface area contributed by atoms with Crippen LogP contribution in [-0.4, -0.2) is 47.8 Å². The minimum atomic E-state index is -0.728. The van der Waals surface area contributed by atoms with Crippen molar-refractivity contribution >= 4 is 5.97 Å². The topological polar surface area (TPSA) is 49.8 Å². The number of carboxylic acids is 1. The normalized spacial score (nSPS) is 26.4. The molecule has 0 aromatic carbocycles. The molecule has 2 atom stereocenters. The zero-order valence-corrected chi connectivity index (χ0v) is 9.06. The second-order valence-corrected chi connectivity index (χ2v) is 4.20. The van der Waals surface area contributed by atoms with Gasteiger partial charge in [0.25, 0.3) is 0 Å². The molecular weight excluding hydrogens is 182 g/mol. The van der Waals surface area contributed by atoms with E-state index in [1.54, 1.807) is 0 Å². The van der Waals surface area contributed by atoms with Gasteiger partial charge < -0.3 is 9.84 Å². The van der Waals surface area contributed by atoms with Crippen LogP contribution >= 0.6 is 0 Å². The van der Waals surface area contributed by atoms with Crippen molar-refractivity contribution in [1.29, 1.82) is 0 Å². The van der Waals surface area contributed by atoms with E-state index in [0.29, 0.717) is 6.61 Å². The lowest BCUT2D eigenvalue weighted by molar-refractivity contribution is -0.148. The molecule has 1 heterocycles. The summed E-state index contributed by atoms with van der Waals surface area (Å²) in [6, 6.07) is -0.374. The summed E-state index contributed by atoms with van der Waals surface area (Å²) in [5.74, 6) is -0.591. The Balaban J connectivity index is 2.63. The van der Waals surface area contributed by atoms with Gasteiger partial charge in [-0.3, -0.25) is 9.69 Å². The fourth-order valence-electron chi connectivity index (χ4n) is 1.96. The quantitative estimate of drug-likeness (QED) is 0.734. The number of rotatable bonds is 3. The molecular formula is C10H19NO3. The van der Waals surface area contributed by atoms with E-state index in [-0.39, 0.29) is 18.1 Å². The highest BCUT2D eigenvalue weighted by Crippen LogP contribution is 2.15. The van der Waals surface area contributed by atoms with Gasteiger partial charge in [0, 0.05) is 13.1 Å². The van der Waals surface area contributed by atoms with Crippen LogP contribution < -0.4 is 0 Å². The molecule has 4 heteroatoms. The van der Waals surface area contributed by atoms with Gasteiger partial charge in [-0.2, -0.15) is 0 Å². The van der Waals surface area contributed by atoms with Gasteiger partial charge in [-0.05, 0) is 12.8 Å². The Labute approximate surface area is 84.8 Å². The van der Waals surface area contributed by atoms with Crippen LogP contribution in [0.5, 0.6) is 0 Å². The third kappa shape index (κ3) is 2.69. The van der Waals surface area contributed by atoms with Gasteiger partial charge >= 0.3 is 5.97 Å². The third-order valence-corrected chi connectivity index (χ3v) is 2.55. The van der Waals surface area contributed by atoms with Crippen molar-refractivity contribution in [2.75, 3.05) is 19.7 Å². The lowest BCUT2D eigenvalue weighted by Gasteiger charge is -2.36. The Morgan fingerprint density at radius 3 is 2.64 bits per heavy atom. The number of aliphatic carboxylic acids is 1. The number of ether oxygens (including phenoxy) is 1. The number of carboxylic acid groups (broad SMARTS) is 1. The predicted molar refractivity (Wildman–Crippen MR) is 53.2 cm³/mol. The number of morpholine rings is 1. The van der Waals surface area contributed by atoms with E-state index in [1.165, 1.54) is 0 Å². The Morgan fingerprint density at radius 2 is 2.21 bits per heavy atom. The van der Waals surface area contributed by atoms with Crippen LogP contribution in [0.25, 0.3) is 0 Å². The van der Waals surface area contributed by atoms with E-state index < -0.39 is 5.97 Å². The van der Waals surface area contributed by atoms with Crippen molar-refractivity contribution in [1.82, 2.24) is 4.90 Å². The number of carbonyl (C=O) groups is 1. The molecule has 0 radical (unpaired) electrons. The molecule has 0 spiro atoms. The van der Waals surface area contributed by atoms with E-state index in [1.807, 2.05) is 25.7 Å². The van der Waals surface area contributed by atoms with Crippen LogP contribution in [0, 0.1) is 5.92 Å². The highest BCUT2D eigenvalue weighted by Gasteiger charge is 2.31. The maximum Gasteiger partial charge on any atom is 0.321 e. The molecule has 82 valence electrons. The fourth-order valence-corrected chi connectivity index (χ4v) is 1.96. The largest absolute Gasteiger partial charge is 0.480 e. The average molecular weight is 201 g/mol. The third-order valence-electron chi connectivity index (χ3n) is 2.55. The number of hydrogen-bond donors (Lipinski definition) is 1. The van der Waals surface area contributed by atoms with Gasteiger partial charge in [0.05, 0.1) is 12.7 Å². The van der Waals surface area contributed by atoms with Crippen LogP contribution in [0.1, 0.15) is 20.8 Å². The summed E-state index contributed by atoms with van der Waals surface area (Å²) in [5.41, 5.74) is 0. The van der Waals surface area contributed by atoms with Crippen molar-refractivity contribution in [3.63, 3.8) is 0 Å². The van der Waals surface area contributed by atoms with E-state index >= 15 is 0 Å². The average Bonchev–Trinajstić information content (AvgIpc) is 2.02. The summed E-state index contributed by atoms with van der Waals surface area (Å²) in [6.45, 7) is 7.94. The second-order valence-electron chi connectivity index (χ2n) is 4.20. The summed E-state index contributed by atoms with van der Waals surface area (Å²) >= 11 is 0. The first-order valence-electron chi connectivity index (χ1n) is 5.11. The first kappa shape index (κ1) is 11.5. The molecule has 1 rings (SSSR count). The van der Waals surface area contributed by atoms with E-state index in [2.05, 4.69) is 0 Å². The first-order chi connectivity index (χ1) is 6.52. The van der Waals surface area contributed by atoms with Gasteiger partial charge in [-0.25, -0.2) is 0 Å². The molecule has 0 aromatic heterocycles. The maximum absolute atomic E-state index is 11.1.